The lowest BCUT2D eigenvalue weighted by atomic mass is 9.75. The van der Waals surface area contributed by atoms with Gasteiger partial charge in [0.05, 0.1) is 18.3 Å². The van der Waals surface area contributed by atoms with E-state index in [-0.39, 0.29) is 5.41 Å². The lowest BCUT2D eigenvalue weighted by Gasteiger charge is -2.29. The van der Waals surface area contributed by atoms with Gasteiger partial charge in [-0.1, -0.05) is 40.2 Å². The summed E-state index contributed by atoms with van der Waals surface area (Å²) in [5.41, 5.74) is 10.6. The minimum Gasteiger partial charge on any atom is -0.496 e. The van der Waals surface area contributed by atoms with Gasteiger partial charge in [-0.05, 0) is 54.3 Å². The molecule has 0 aromatic heterocycles. The Morgan fingerprint density at radius 2 is 1.78 bits per heavy atom. The first-order valence-corrected chi connectivity index (χ1v) is 8.39. The van der Waals surface area contributed by atoms with Crippen molar-refractivity contribution in [1.82, 2.24) is 5.32 Å². The van der Waals surface area contributed by atoms with Crippen LogP contribution in [0.1, 0.15) is 22.3 Å². The number of halogens is 1. The fourth-order valence-electron chi connectivity index (χ4n) is 3.17. The minimum absolute atomic E-state index is 0.267. The Labute approximate surface area is 145 Å². The van der Waals surface area contributed by atoms with E-state index in [2.05, 4.69) is 71.5 Å². The summed E-state index contributed by atoms with van der Waals surface area (Å²) in [7, 11) is 1.70. The molecule has 3 N–H and O–H groups in total. The van der Waals surface area contributed by atoms with Crippen molar-refractivity contribution < 1.29 is 4.74 Å². The van der Waals surface area contributed by atoms with Gasteiger partial charge < -0.3 is 15.8 Å². The van der Waals surface area contributed by atoms with Crippen LogP contribution in [-0.4, -0.2) is 13.7 Å². The quantitative estimate of drug-likeness (QED) is 0.861. The van der Waals surface area contributed by atoms with Crippen molar-refractivity contribution in [2.24, 2.45) is 5.73 Å². The summed E-state index contributed by atoms with van der Waals surface area (Å²) in [5, 5.41) is 3.28. The van der Waals surface area contributed by atoms with Crippen LogP contribution >= 0.6 is 15.9 Å². The van der Waals surface area contributed by atoms with E-state index < -0.39 is 0 Å². The molecule has 3 nitrogen and oxygen atoms in total. The van der Waals surface area contributed by atoms with Crippen LogP contribution in [-0.2, 0) is 5.41 Å². The van der Waals surface area contributed by atoms with Crippen molar-refractivity contribution in [3.05, 3.63) is 75.0 Å². The molecule has 0 aliphatic carbocycles. The zero-order valence-corrected chi connectivity index (χ0v) is 15.2. The fraction of sp³-hybridized carbons (Fsp3) is 0.263. The van der Waals surface area contributed by atoms with Crippen LogP contribution in [0.3, 0.4) is 0 Å². The molecule has 1 atom stereocenters. The second-order valence-corrected chi connectivity index (χ2v) is 6.93. The minimum atomic E-state index is -0.267. The number of hydrogen-bond acceptors (Lipinski definition) is 3. The van der Waals surface area contributed by atoms with E-state index in [4.69, 9.17) is 10.5 Å². The average Bonchev–Trinajstić information content (AvgIpc) is 2.93. The highest BCUT2D eigenvalue weighted by Gasteiger charge is 2.36. The highest BCUT2D eigenvalue weighted by molar-refractivity contribution is 9.10. The number of ether oxygens (including phenoxy) is 1. The predicted molar refractivity (Wildman–Crippen MR) is 97.7 cm³/mol. The second kappa shape index (κ2) is 5.93. The molecule has 0 saturated heterocycles. The number of methoxy groups -OCH3 is 1. The van der Waals surface area contributed by atoms with E-state index in [9.17, 15) is 0 Å². The lowest BCUT2D eigenvalue weighted by molar-refractivity contribution is 0.411. The Morgan fingerprint density at radius 1 is 1.09 bits per heavy atom. The molecule has 3 rings (SSSR count). The highest BCUT2D eigenvalue weighted by Crippen LogP contribution is 2.39. The number of benzene rings is 2. The molecule has 1 heterocycles. The standard InChI is InChI=1S/C19H21BrN2O/c1-12-4-5-15(9-16(12)20)19(10-18(21)22-11-19)14-6-7-17(23-3)13(2)8-14/h4-10,22H,11,21H2,1-3H3. The summed E-state index contributed by atoms with van der Waals surface area (Å²) in [6, 6.07) is 12.8. The number of aryl methyl sites for hydroxylation is 2. The predicted octanol–water partition coefficient (Wildman–Crippen LogP) is 3.76. The maximum absolute atomic E-state index is 6.06. The summed E-state index contributed by atoms with van der Waals surface area (Å²) < 4.78 is 6.50. The third kappa shape index (κ3) is 2.72. The van der Waals surface area contributed by atoms with Crippen LogP contribution in [0.5, 0.6) is 5.75 Å². The first-order chi connectivity index (χ1) is 11.0. The Morgan fingerprint density at radius 3 is 2.35 bits per heavy atom. The van der Waals surface area contributed by atoms with Gasteiger partial charge in [0.15, 0.2) is 0 Å². The number of hydrogen-bond donors (Lipinski definition) is 2. The van der Waals surface area contributed by atoms with Gasteiger partial charge in [-0.15, -0.1) is 0 Å². The average molecular weight is 373 g/mol. The summed E-state index contributed by atoms with van der Waals surface area (Å²) in [6.45, 7) is 4.91. The van der Waals surface area contributed by atoms with E-state index >= 15 is 0 Å². The largest absolute Gasteiger partial charge is 0.496 e. The normalized spacial score (nSPS) is 20.1. The number of nitrogens with one attached hydrogen (secondary N) is 1. The molecule has 2 aromatic rings. The zero-order valence-electron chi connectivity index (χ0n) is 13.6. The van der Waals surface area contributed by atoms with E-state index in [1.54, 1.807) is 7.11 Å². The molecule has 1 unspecified atom stereocenters. The van der Waals surface area contributed by atoms with Crippen molar-refractivity contribution in [2.75, 3.05) is 13.7 Å². The Bertz CT molecular complexity index is 785. The molecule has 0 saturated carbocycles. The van der Waals surface area contributed by atoms with Gasteiger partial charge in [0.1, 0.15) is 5.75 Å². The van der Waals surface area contributed by atoms with Gasteiger partial charge in [0.25, 0.3) is 0 Å². The molecule has 1 aliphatic heterocycles. The van der Waals surface area contributed by atoms with Crippen molar-refractivity contribution in [3.8, 4) is 5.75 Å². The first-order valence-electron chi connectivity index (χ1n) is 7.60. The molecule has 0 spiro atoms. The molecule has 23 heavy (non-hydrogen) atoms. The second-order valence-electron chi connectivity index (χ2n) is 6.07. The Kier molecular flexibility index (Phi) is 4.11. The number of rotatable bonds is 3. The van der Waals surface area contributed by atoms with E-state index in [1.165, 1.54) is 16.7 Å². The van der Waals surface area contributed by atoms with Gasteiger partial charge in [-0.25, -0.2) is 0 Å². The molecule has 1 aliphatic rings. The zero-order chi connectivity index (χ0) is 16.6. The van der Waals surface area contributed by atoms with Gasteiger partial charge in [0, 0.05) is 11.0 Å². The molecule has 0 radical (unpaired) electrons. The fourth-order valence-corrected chi connectivity index (χ4v) is 3.55. The molecule has 0 amide bonds. The molecular formula is C19H21BrN2O. The van der Waals surface area contributed by atoms with Crippen molar-refractivity contribution in [1.29, 1.82) is 0 Å². The first kappa shape index (κ1) is 15.9. The van der Waals surface area contributed by atoms with Crippen LogP contribution < -0.4 is 15.8 Å². The van der Waals surface area contributed by atoms with Gasteiger partial charge in [0.2, 0.25) is 0 Å². The highest BCUT2D eigenvalue weighted by atomic mass is 79.9. The Balaban J connectivity index is 2.18. The van der Waals surface area contributed by atoms with Crippen molar-refractivity contribution >= 4 is 15.9 Å². The van der Waals surface area contributed by atoms with Crippen LogP contribution in [0.2, 0.25) is 0 Å². The van der Waals surface area contributed by atoms with Crippen molar-refractivity contribution in [3.63, 3.8) is 0 Å². The molecular weight excluding hydrogens is 352 g/mol. The summed E-state index contributed by atoms with van der Waals surface area (Å²) in [6.07, 6.45) is 2.12. The van der Waals surface area contributed by atoms with Gasteiger partial charge >= 0.3 is 0 Å². The summed E-state index contributed by atoms with van der Waals surface area (Å²) >= 11 is 3.65. The maximum atomic E-state index is 6.06. The monoisotopic (exact) mass is 372 g/mol. The van der Waals surface area contributed by atoms with Crippen LogP contribution in [0, 0.1) is 13.8 Å². The SMILES string of the molecule is COc1ccc(C2(c3ccc(C)c(Br)c3)C=C(N)NC2)cc1C. The van der Waals surface area contributed by atoms with E-state index in [0.717, 1.165) is 28.2 Å². The number of nitrogens with two attached hydrogens (primary N) is 1. The summed E-state index contributed by atoms with van der Waals surface area (Å²) in [5.74, 6) is 1.62. The van der Waals surface area contributed by atoms with Crippen molar-refractivity contribution in [2.45, 2.75) is 19.3 Å². The topological polar surface area (TPSA) is 47.3 Å². The summed E-state index contributed by atoms with van der Waals surface area (Å²) in [4.78, 5) is 0. The third-order valence-electron chi connectivity index (χ3n) is 4.57. The molecule has 120 valence electrons. The van der Waals surface area contributed by atoms with Crippen LogP contribution in [0.4, 0.5) is 0 Å². The molecule has 2 aromatic carbocycles. The Hall–Kier alpha value is -1.94. The van der Waals surface area contributed by atoms with Crippen LogP contribution in [0.25, 0.3) is 0 Å². The van der Waals surface area contributed by atoms with E-state index in [0.29, 0.717) is 0 Å². The smallest absolute Gasteiger partial charge is 0.121 e. The van der Waals surface area contributed by atoms with Gasteiger partial charge in [-0.2, -0.15) is 0 Å². The van der Waals surface area contributed by atoms with Crippen LogP contribution in [0.15, 0.2) is 52.8 Å². The van der Waals surface area contributed by atoms with Gasteiger partial charge in [-0.3, -0.25) is 0 Å². The molecule has 0 bridgehead atoms. The molecule has 4 heteroatoms. The lowest BCUT2D eigenvalue weighted by Crippen LogP contribution is -2.31. The maximum Gasteiger partial charge on any atom is 0.121 e. The molecule has 0 fully saturated rings. The van der Waals surface area contributed by atoms with E-state index in [1.807, 2.05) is 6.07 Å². The third-order valence-corrected chi connectivity index (χ3v) is 5.42.